The summed E-state index contributed by atoms with van der Waals surface area (Å²) in [7, 11) is -2.76. The predicted molar refractivity (Wildman–Crippen MR) is 148 cm³/mol. The van der Waals surface area contributed by atoms with Crippen molar-refractivity contribution in [3.05, 3.63) is 35.9 Å². The molecular formula is C27H41N4O8P. The molecule has 0 aromatic heterocycles. The first kappa shape index (κ1) is 33.0. The number of ether oxygens (including phenoxy) is 1. The van der Waals surface area contributed by atoms with E-state index in [9.17, 15) is 33.4 Å². The van der Waals surface area contributed by atoms with Crippen molar-refractivity contribution in [2.75, 3.05) is 19.5 Å². The molecule has 4 atom stereocenters. The Bertz CT molecular complexity index is 1110. The van der Waals surface area contributed by atoms with Crippen molar-refractivity contribution >= 4 is 37.1 Å². The minimum atomic E-state index is -4.22. The van der Waals surface area contributed by atoms with Gasteiger partial charge in [0.1, 0.15) is 25.0 Å². The maximum absolute atomic E-state index is 13.2. The lowest BCUT2D eigenvalue weighted by molar-refractivity contribution is -0.138. The van der Waals surface area contributed by atoms with E-state index < -0.39 is 61.6 Å². The Kier molecular flexibility index (Phi) is 12.3. The van der Waals surface area contributed by atoms with Gasteiger partial charge in [-0.1, -0.05) is 58.0 Å². The van der Waals surface area contributed by atoms with Crippen LogP contribution < -0.4 is 16.0 Å². The molecule has 1 aromatic rings. The Morgan fingerprint density at radius 3 is 2.25 bits per heavy atom. The number of alkyl carbamates (subject to hydrolysis) is 1. The van der Waals surface area contributed by atoms with E-state index in [2.05, 4.69) is 16.0 Å². The lowest BCUT2D eigenvalue weighted by atomic mass is 9.96. The number of nitrogens with one attached hydrogen (secondary N) is 3. The number of carbonyl (C=O) groups excluding carboxylic acids is 5. The molecule has 0 spiro atoms. The number of likely N-dealkylation sites (N-methyl/N-ethyl adjacent to an activating group) is 1. The van der Waals surface area contributed by atoms with Crippen LogP contribution in [0.3, 0.4) is 0 Å². The van der Waals surface area contributed by atoms with Crippen molar-refractivity contribution in [3.63, 3.8) is 0 Å². The normalized spacial score (nSPS) is 18.3. The monoisotopic (exact) mass is 580 g/mol. The molecule has 1 fully saturated rings. The summed E-state index contributed by atoms with van der Waals surface area (Å²) in [5.41, 5.74) is 0.736. The van der Waals surface area contributed by atoms with E-state index in [-0.39, 0.29) is 37.2 Å². The molecule has 13 heteroatoms. The fraction of sp³-hybridized carbons (Fsp3) is 0.593. The first-order valence-electron chi connectivity index (χ1n) is 13.4. The van der Waals surface area contributed by atoms with Crippen molar-refractivity contribution in [3.8, 4) is 0 Å². The highest BCUT2D eigenvalue weighted by Gasteiger charge is 2.43. The molecule has 0 bridgehead atoms. The highest BCUT2D eigenvalue weighted by atomic mass is 31.2. The Morgan fingerprint density at radius 2 is 1.68 bits per heavy atom. The molecule has 0 radical (unpaired) electrons. The van der Waals surface area contributed by atoms with Crippen molar-refractivity contribution in [1.29, 1.82) is 0 Å². The quantitative estimate of drug-likeness (QED) is 0.192. The molecule has 222 valence electrons. The van der Waals surface area contributed by atoms with Crippen LogP contribution in [0.5, 0.6) is 0 Å². The molecule has 1 saturated heterocycles. The molecule has 12 nitrogen and oxygen atoms in total. The van der Waals surface area contributed by atoms with Crippen LogP contribution in [-0.2, 0) is 35.1 Å². The van der Waals surface area contributed by atoms with Crippen molar-refractivity contribution in [2.45, 2.75) is 65.6 Å². The summed E-state index contributed by atoms with van der Waals surface area (Å²) in [6.45, 7) is 7.49. The third-order valence-corrected chi connectivity index (χ3v) is 8.07. The Balaban J connectivity index is 2.03. The number of amides is 5. The summed E-state index contributed by atoms with van der Waals surface area (Å²) >= 11 is 0. The van der Waals surface area contributed by atoms with E-state index in [0.717, 1.165) is 5.56 Å². The summed E-state index contributed by atoms with van der Waals surface area (Å²) in [6, 6.07) is 6.86. The first-order valence-corrected chi connectivity index (χ1v) is 15.4. The van der Waals surface area contributed by atoms with E-state index in [1.165, 1.54) is 7.05 Å². The van der Waals surface area contributed by atoms with Gasteiger partial charge in [0.25, 0.3) is 5.91 Å². The van der Waals surface area contributed by atoms with Crippen LogP contribution in [-0.4, -0.2) is 71.1 Å². The molecule has 0 aliphatic carbocycles. The van der Waals surface area contributed by atoms with Gasteiger partial charge in [-0.3, -0.25) is 28.6 Å². The zero-order chi connectivity index (χ0) is 30.0. The van der Waals surface area contributed by atoms with E-state index in [1.54, 1.807) is 24.3 Å². The zero-order valence-electron chi connectivity index (χ0n) is 23.7. The molecule has 1 aliphatic rings. The minimum Gasteiger partial charge on any atom is -0.445 e. The zero-order valence-corrected chi connectivity index (χ0v) is 24.6. The van der Waals surface area contributed by atoms with Gasteiger partial charge in [0.05, 0.1) is 6.42 Å². The van der Waals surface area contributed by atoms with Crippen molar-refractivity contribution < 1.29 is 38.2 Å². The molecule has 2 unspecified atom stereocenters. The van der Waals surface area contributed by atoms with E-state index in [0.29, 0.717) is 11.3 Å². The molecule has 5 amide bonds. The van der Waals surface area contributed by atoms with E-state index in [4.69, 9.17) is 4.74 Å². The molecule has 4 N–H and O–H groups in total. The van der Waals surface area contributed by atoms with Gasteiger partial charge >= 0.3 is 6.09 Å². The van der Waals surface area contributed by atoms with Crippen LogP contribution in [0.2, 0.25) is 0 Å². The highest BCUT2D eigenvalue weighted by Crippen LogP contribution is 2.45. The van der Waals surface area contributed by atoms with Gasteiger partial charge in [-0.15, -0.1) is 0 Å². The Hall–Kier alpha value is -3.24. The number of hydrogen-bond donors (Lipinski definition) is 4. The minimum absolute atomic E-state index is 0.00942. The second-order valence-corrected chi connectivity index (χ2v) is 13.3. The fourth-order valence-electron chi connectivity index (χ4n) is 4.47. The van der Waals surface area contributed by atoms with Crippen LogP contribution in [0.4, 0.5) is 4.79 Å². The standard InChI is InChI=1S/C27H41N4O8P/c1-17(2)11-20(24(33)29-21(12-18(3)4)25(34)28-5)15-40(37,38)16-31-23(32)13-22(26(31)35)30-27(36)39-14-19-9-7-6-8-10-19/h6-10,17-18,20-22H,11-16H2,1-5H3,(H,28,34)(H,29,33)(H,30,36)(H,37,38)/t20?,21-,22+/m0/s1. The van der Waals surface area contributed by atoms with Crippen LogP contribution in [0, 0.1) is 17.8 Å². The molecule has 2 rings (SSSR count). The largest absolute Gasteiger partial charge is 0.445 e. The molecule has 0 saturated carbocycles. The first-order chi connectivity index (χ1) is 18.7. The van der Waals surface area contributed by atoms with Gasteiger partial charge in [0.2, 0.25) is 25.1 Å². The lowest BCUT2D eigenvalue weighted by Gasteiger charge is -2.26. The van der Waals surface area contributed by atoms with Crippen molar-refractivity contribution in [1.82, 2.24) is 20.9 Å². The van der Waals surface area contributed by atoms with Crippen LogP contribution >= 0.6 is 7.37 Å². The number of likely N-dealkylation sites (tertiary alicyclic amines) is 1. The third kappa shape index (κ3) is 10.4. The number of benzene rings is 1. The number of rotatable bonds is 14. The van der Waals surface area contributed by atoms with E-state index >= 15 is 0 Å². The summed E-state index contributed by atoms with van der Waals surface area (Å²) in [4.78, 5) is 74.4. The number of hydrogen-bond acceptors (Lipinski definition) is 7. The molecular weight excluding hydrogens is 539 g/mol. The average Bonchev–Trinajstić information content (AvgIpc) is 3.12. The Labute approximate surface area is 235 Å². The summed E-state index contributed by atoms with van der Waals surface area (Å²) in [5, 5.41) is 7.55. The Morgan fingerprint density at radius 1 is 1.05 bits per heavy atom. The average molecular weight is 581 g/mol. The van der Waals surface area contributed by atoms with Gasteiger partial charge in [-0.05, 0) is 30.2 Å². The van der Waals surface area contributed by atoms with Gasteiger partial charge in [-0.25, -0.2) is 4.79 Å². The number of imide groups is 1. The number of nitrogens with zero attached hydrogens (tertiary/aromatic N) is 1. The van der Waals surface area contributed by atoms with Crippen LogP contribution in [0.25, 0.3) is 0 Å². The second kappa shape index (κ2) is 14.9. The maximum atomic E-state index is 13.2. The molecule has 40 heavy (non-hydrogen) atoms. The number of carbonyl (C=O) groups is 5. The van der Waals surface area contributed by atoms with Crippen molar-refractivity contribution in [2.24, 2.45) is 17.8 Å². The second-order valence-electron chi connectivity index (χ2n) is 10.9. The summed E-state index contributed by atoms with van der Waals surface area (Å²) in [6.07, 6.45) is -1.89. The highest BCUT2D eigenvalue weighted by molar-refractivity contribution is 7.58. The lowest BCUT2D eigenvalue weighted by Crippen LogP contribution is -2.49. The van der Waals surface area contributed by atoms with Crippen LogP contribution in [0.15, 0.2) is 30.3 Å². The van der Waals surface area contributed by atoms with Gasteiger partial charge in [0, 0.05) is 19.1 Å². The van der Waals surface area contributed by atoms with E-state index in [1.807, 2.05) is 33.8 Å². The molecule has 1 aromatic carbocycles. The van der Waals surface area contributed by atoms with Gasteiger partial charge < -0.3 is 25.6 Å². The van der Waals surface area contributed by atoms with Gasteiger partial charge in [-0.2, -0.15) is 0 Å². The topological polar surface area (TPSA) is 171 Å². The maximum Gasteiger partial charge on any atom is 0.408 e. The SMILES string of the molecule is CNC(=O)[C@H](CC(C)C)NC(=O)C(CC(C)C)CP(=O)(O)CN1C(=O)C[C@@H](NC(=O)OCc2ccccc2)C1=O. The summed E-state index contributed by atoms with van der Waals surface area (Å²) < 4.78 is 18.3. The smallest absolute Gasteiger partial charge is 0.408 e. The summed E-state index contributed by atoms with van der Waals surface area (Å²) in [5.74, 6) is -3.27. The molecule has 1 aliphatic heterocycles. The van der Waals surface area contributed by atoms with Gasteiger partial charge in [0.15, 0.2) is 0 Å². The third-order valence-electron chi connectivity index (χ3n) is 6.33. The molecule has 1 heterocycles. The van der Waals surface area contributed by atoms with Crippen LogP contribution in [0.1, 0.15) is 52.5 Å². The predicted octanol–water partition coefficient (Wildman–Crippen LogP) is 2.21. The fourth-order valence-corrected chi connectivity index (χ4v) is 6.33.